The zero-order valence-corrected chi connectivity index (χ0v) is 14.9. The minimum absolute atomic E-state index is 0.182. The zero-order chi connectivity index (χ0) is 16.9. The van der Waals surface area contributed by atoms with Gasteiger partial charge < -0.3 is 9.15 Å². The molecule has 122 valence electrons. The van der Waals surface area contributed by atoms with Gasteiger partial charge in [-0.15, -0.1) is 0 Å². The molecule has 3 aromatic rings. The number of ether oxygens (including phenoxy) is 1. The molecule has 0 aliphatic rings. The Labute approximate surface area is 152 Å². The normalized spacial score (nSPS) is 10.6. The van der Waals surface area contributed by atoms with E-state index < -0.39 is 0 Å². The fourth-order valence-electron chi connectivity index (χ4n) is 2.08. The van der Waals surface area contributed by atoms with Gasteiger partial charge in [0.25, 0.3) is 0 Å². The van der Waals surface area contributed by atoms with Crippen molar-refractivity contribution in [1.82, 2.24) is 4.98 Å². The molecule has 0 unspecified atom stereocenters. The average molecular weight is 407 g/mol. The van der Waals surface area contributed by atoms with Crippen LogP contribution in [0.3, 0.4) is 0 Å². The van der Waals surface area contributed by atoms with E-state index in [1.54, 1.807) is 30.5 Å². The molecule has 0 fully saturated rings. The molecule has 0 atom stereocenters. The molecule has 4 nitrogen and oxygen atoms in total. The Bertz CT molecular complexity index is 845. The van der Waals surface area contributed by atoms with Crippen LogP contribution >= 0.6 is 27.5 Å². The van der Waals surface area contributed by atoms with Gasteiger partial charge >= 0.3 is 5.97 Å². The Balaban J connectivity index is 1.58. The van der Waals surface area contributed by atoms with Gasteiger partial charge in [0.2, 0.25) is 0 Å². The van der Waals surface area contributed by atoms with Crippen molar-refractivity contribution < 1.29 is 13.9 Å². The van der Waals surface area contributed by atoms with Crippen LogP contribution in [0.1, 0.15) is 12.3 Å². The lowest BCUT2D eigenvalue weighted by molar-refractivity contribution is -0.134. The Hall–Kier alpha value is -2.11. The third-order valence-electron chi connectivity index (χ3n) is 3.29. The molecule has 0 spiro atoms. The van der Waals surface area contributed by atoms with Crippen molar-refractivity contribution in [2.45, 2.75) is 12.8 Å². The second-order valence-electron chi connectivity index (χ2n) is 5.03. The molecule has 0 radical (unpaired) electrons. The summed E-state index contributed by atoms with van der Waals surface area (Å²) in [6.07, 6.45) is 2.19. The van der Waals surface area contributed by atoms with E-state index in [1.807, 2.05) is 24.3 Å². The number of nitrogens with zero attached hydrogens (tertiary/aromatic N) is 1. The smallest absolute Gasteiger partial charge is 0.311 e. The Morgan fingerprint density at radius 1 is 1.17 bits per heavy atom. The summed E-state index contributed by atoms with van der Waals surface area (Å²) in [6, 6.07) is 14.5. The van der Waals surface area contributed by atoms with Gasteiger partial charge in [-0.05, 0) is 52.3 Å². The van der Waals surface area contributed by atoms with Gasteiger partial charge in [-0.3, -0.25) is 4.79 Å². The Morgan fingerprint density at radius 3 is 2.67 bits per heavy atom. The molecule has 0 bridgehead atoms. The van der Waals surface area contributed by atoms with Crippen LogP contribution in [0.4, 0.5) is 0 Å². The van der Waals surface area contributed by atoms with E-state index in [1.165, 1.54) is 0 Å². The number of hydrogen-bond donors (Lipinski definition) is 0. The van der Waals surface area contributed by atoms with Crippen molar-refractivity contribution >= 4 is 33.5 Å². The lowest BCUT2D eigenvalue weighted by Gasteiger charge is -2.05. The van der Waals surface area contributed by atoms with Crippen molar-refractivity contribution in [3.05, 3.63) is 70.1 Å². The van der Waals surface area contributed by atoms with Crippen LogP contribution in [0, 0.1) is 0 Å². The Kier molecular flexibility index (Phi) is 5.33. The summed E-state index contributed by atoms with van der Waals surface area (Å²) in [5.74, 6) is 1.29. The first-order valence-electron chi connectivity index (χ1n) is 7.27. The number of carbonyl (C=O) groups excluding carboxylic acids is 1. The van der Waals surface area contributed by atoms with Gasteiger partial charge in [0, 0.05) is 17.0 Å². The molecule has 6 heteroatoms. The molecule has 1 heterocycles. The highest BCUT2D eigenvalue weighted by molar-refractivity contribution is 9.10. The second-order valence-corrected chi connectivity index (χ2v) is 6.32. The molecule has 0 saturated carbocycles. The Morgan fingerprint density at radius 2 is 1.92 bits per heavy atom. The van der Waals surface area contributed by atoms with Crippen molar-refractivity contribution in [2.75, 3.05) is 0 Å². The first-order chi connectivity index (χ1) is 11.6. The predicted octanol–water partition coefficient (Wildman–Crippen LogP) is 5.30. The van der Waals surface area contributed by atoms with E-state index in [-0.39, 0.29) is 12.4 Å². The maximum absolute atomic E-state index is 11.9. The maximum atomic E-state index is 11.9. The fourth-order valence-corrected chi connectivity index (χ4v) is 2.58. The topological polar surface area (TPSA) is 52.3 Å². The van der Waals surface area contributed by atoms with Gasteiger partial charge in [0.15, 0.2) is 11.7 Å². The van der Waals surface area contributed by atoms with E-state index >= 15 is 0 Å². The molecule has 2 aromatic carbocycles. The number of para-hydroxylation sites is 1. The van der Waals surface area contributed by atoms with Crippen molar-refractivity contribution in [1.29, 1.82) is 0 Å². The van der Waals surface area contributed by atoms with E-state index in [0.29, 0.717) is 28.8 Å². The number of aromatic nitrogens is 1. The number of esters is 1. The average Bonchev–Trinajstić information content (AvgIpc) is 3.05. The highest BCUT2D eigenvalue weighted by Gasteiger charge is 2.11. The van der Waals surface area contributed by atoms with Crippen LogP contribution in [0.2, 0.25) is 5.02 Å². The molecule has 24 heavy (non-hydrogen) atoms. The van der Waals surface area contributed by atoms with Crippen molar-refractivity contribution in [3.63, 3.8) is 0 Å². The van der Waals surface area contributed by atoms with Crippen LogP contribution in [-0.2, 0) is 11.2 Å². The lowest BCUT2D eigenvalue weighted by atomic mass is 10.2. The SMILES string of the molecule is O=C(CCc1ncc(-c2ccc(Cl)cc2)o1)Oc1ccccc1Br. The number of oxazole rings is 1. The van der Waals surface area contributed by atoms with Crippen LogP contribution in [0.15, 0.2) is 63.6 Å². The standard InChI is InChI=1S/C18H13BrClNO3/c19-14-3-1-2-4-15(14)24-18(22)10-9-17-21-11-16(23-17)12-5-7-13(20)8-6-12/h1-8,11H,9-10H2. The number of benzene rings is 2. The van der Waals surface area contributed by atoms with Crippen LogP contribution in [-0.4, -0.2) is 11.0 Å². The molecule has 0 aliphatic heterocycles. The lowest BCUT2D eigenvalue weighted by Crippen LogP contribution is -2.09. The fraction of sp³-hybridized carbons (Fsp3) is 0.111. The van der Waals surface area contributed by atoms with E-state index in [2.05, 4.69) is 20.9 Å². The number of carbonyl (C=O) groups is 1. The predicted molar refractivity (Wildman–Crippen MR) is 95.0 cm³/mol. The van der Waals surface area contributed by atoms with Gasteiger partial charge in [-0.2, -0.15) is 0 Å². The third-order valence-corrected chi connectivity index (χ3v) is 4.19. The molecular formula is C18H13BrClNO3. The van der Waals surface area contributed by atoms with Crippen molar-refractivity contribution in [3.8, 4) is 17.1 Å². The zero-order valence-electron chi connectivity index (χ0n) is 12.5. The molecule has 3 rings (SSSR count). The molecule has 0 saturated heterocycles. The number of hydrogen-bond acceptors (Lipinski definition) is 4. The summed E-state index contributed by atoms with van der Waals surface area (Å²) in [6.45, 7) is 0. The summed E-state index contributed by atoms with van der Waals surface area (Å²) in [4.78, 5) is 16.1. The minimum Gasteiger partial charge on any atom is -0.441 e. The van der Waals surface area contributed by atoms with E-state index in [4.69, 9.17) is 20.8 Å². The highest BCUT2D eigenvalue weighted by atomic mass is 79.9. The van der Waals surface area contributed by atoms with E-state index in [9.17, 15) is 4.79 Å². The number of halogens is 2. The quantitative estimate of drug-likeness (QED) is 0.426. The largest absolute Gasteiger partial charge is 0.441 e. The van der Waals surface area contributed by atoms with Crippen LogP contribution < -0.4 is 4.74 Å². The van der Waals surface area contributed by atoms with Gasteiger partial charge in [-0.1, -0.05) is 23.7 Å². The van der Waals surface area contributed by atoms with Gasteiger partial charge in [0.05, 0.1) is 17.1 Å². The highest BCUT2D eigenvalue weighted by Crippen LogP contribution is 2.25. The maximum Gasteiger partial charge on any atom is 0.311 e. The monoisotopic (exact) mass is 405 g/mol. The summed E-state index contributed by atoms with van der Waals surface area (Å²) >= 11 is 9.20. The van der Waals surface area contributed by atoms with Crippen molar-refractivity contribution in [2.24, 2.45) is 0 Å². The number of rotatable bonds is 5. The number of aryl methyl sites for hydroxylation is 1. The summed E-state index contributed by atoms with van der Waals surface area (Å²) in [5, 5.41) is 0.660. The summed E-state index contributed by atoms with van der Waals surface area (Å²) in [5.41, 5.74) is 0.883. The van der Waals surface area contributed by atoms with Crippen LogP contribution in [0.25, 0.3) is 11.3 Å². The second kappa shape index (κ2) is 7.64. The third kappa shape index (κ3) is 4.24. The molecule has 0 N–H and O–H groups in total. The molecule has 1 aromatic heterocycles. The van der Waals surface area contributed by atoms with Gasteiger partial charge in [0.1, 0.15) is 5.75 Å². The summed E-state index contributed by atoms with van der Waals surface area (Å²) < 4.78 is 11.7. The van der Waals surface area contributed by atoms with Crippen LogP contribution in [0.5, 0.6) is 5.75 Å². The van der Waals surface area contributed by atoms with Gasteiger partial charge in [-0.25, -0.2) is 4.98 Å². The molecular weight excluding hydrogens is 394 g/mol. The first-order valence-corrected chi connectivity index (χ1v) is 8.45. The minimum atomic E-state index is -0.340. The molecule has 0 amide bonds. The summed E-state index contributed by atoms with van der Waals surface area (Å²) in [7, 11) is 0. The van der Waals surface area contributed by atoms with E-state index in [0.717, 1.165) is 10.0 Å². The first kappa shape index (κ1) is 16.7. The molecule has 0 aliphatic carbocycles.